The van der Waals surface area contributed by atoms with E-state index < -0.39 is 24.1 Å². The van der Waals surface area contributed by atoms with Gasteiger partial charge in [-0.05, 0) is 27.7 Å². The number of esters is 2. The first-order chi connectivity index (χ1) is 9.70. The van der Waals surface area contributed by atoms with E-state index in [1.807, 2.05) is 0 Å². The molecule has 0 aliphatic heterocycles. The van der Waals surface area contributed by atoms with Crippen LogP contribution in [0.5, 0.6) is 0 Å². The molecular weight excluding hydrogens is 280 g/mol. The summed E-state index contributed by atoms with van der Waals surface area (Å²) in [7, 11) is 0. The van der Waals surface area contributed by atoms with Gasteiger partial charge < -0.3 is 14.2 Å². The Kier molecular flexibility index (Phi) is 9.20. The van der Waals surface area contributed by atoms with Crippen LogP contribution in [-0.4, -0.2) is 48.9 Å². The molecule has 7 heteroatoms. The van der Waals surface area contributed by atoms with Gasteiger partial charge in [0.1, 0.15) is 36.6 Å². The summed E-state index contributed by atoms with van der Waals surface area (Å²) in [5.74, 6) is -1.72. The normalized spacial score (nSPS) is 13.1. The van der Waals surface area contributed by atoms with Gasteiger partial charge in [-0.1, -0.05) is 0 Å². The van der Waals surface area contributed by atoms with Crippen molar-refractivity contribution in [2.45, 2.75) is 52.7 Å². The smallest absolute Gasteiger partial charge is 0.313 e. The van der Waals surface area contributed by atoms with E-state index in [-0.39, 0.29) is 37.6 Å². The van der Waals surface area contributed by atoms with Gasteiger partial charge >= 0.3 is 11.9 Å². The maximum absolute atomic E-state index is 11.2. The van der Waals surface area contributed by atoms with Gasteiger partial charge in [0.2, 0.25) is 0 Å². The van der Waals surface area contributed by atoms with Crippen molar-refractivity contribution in [2.75, 3.05) is 13.2 Å². The van der Waals surface area contributed by atoms with Crippen LogP contribution in [0.2, 0.25) is 0 Å². The average Bonchev–Trinajstić information content (AvgIpc) is 2.25. The number of rotatable bonds is 10. The van der Waals surface area contributed by atoms with Crippen LogP contribution in [-0.2, 0) is 33.4 Å². The number of carbonyl (C=O) groups excluding carboxylic acids is 4. The summed E-state index contributed by atoms with van der Waals surface area (Å²) in [6, 6.07) is 0. The summed E-state index contributed by atoms with van der Waals surface area (Å²) < 4.78 is 15.1. The number of Topliss-reactive ketones (excluding diaryl/α,β-unsaturated/α-hetero) is 2. The second-order valence-electron chi connectivity index (χ2n) is 4.90. The molecular formula is C14H22O7. The quantitative estimate of drug-likeness (QED) is 0.435. The van der Waals surface area contributed by atoms with Crippen molar-refractivity contribution in [3.05, 3.63) is 0 Å². The molecule has 0 saturated carbocycles. The molecule has 0 spiro atoms. The van der Waals surface area contributed by atoms with E-state index >= 15 is 0 Å². The predicted octanol–water partition coefficient (Wildman–Crippen LogP) is 0.825. The Labute approximate surface area is 123 Å². The van der Waals surface area contributed by atoms with Crippen LogP contribution in [0.4, 0.5) is 0 Å². The van der Waals surface area contributed by atoms with Gasteiger partial charge in [0.15, 0.2) is 0 Å². The molecule has 7 nitrogen and oxygen atoms in total. The van der Waals surface area contributed by atoms with Crippen molar-refractivity contribution in [3.63, 3.8) is 0 Å². The lowest BCUT2D eigenvalue weighted by Gasteiger charge is -2.16. The zero-order valence-electron chi connectivity index (χ0n) is 12.8. The van der Waals surface area contributed by atoms with Gasteiger partial charge in [0.25, 0.3) is 0 Å². The van der Waals surface area contributed by atoms with E-state index in [1.54, 1.807) is 13.8 Å². The van der Waals surface area contributed by atoms with Gasteiger partial charge in [-0.25, -0.2) is 0 Å². The zero-order chi connectivity index (χ0) is 16.4. The highest BCUT2D eigenvalue weighted by molar-refractivity contribution is 5.94. The first-order valence-electron chi connectivity index (χ1n) is 6.66. The van der Waals surface area contributed by atoms with Crippen LogP contribution in [0.3, 0.4) is 0 Å². The molecule has 0 aromatic heterocycles. The monoisotopic (exact) mass is 302 g/mol. The highest BCUT2D eigenvalue weighted by atomic mass is 16.6. The lowest BCUT2D eigenvalue weighted by Crippen LogP contribution is -2.26. The zero-order valence-corrected chi connectivity index (χ0v) is 12.8. The molecule has 120 valence electrons. The Bertz CT molecular complexity index is 353. The molecule has 0 heterocycles. The molecule has 2 atom stereocenters. The Morgan fingerprint density at radius 1 is 0.762 bits per heavy atom. The Hall–Kier alpha value is -1.76. The summed E-state index contributed by atoms with van der Waals surface area (Å²) in [5, 5.41) is 0. The SMILES string of the molecule is CC(=O)CC(=O)OC(C)COCC(C)OC(=O)CC(C)=O. The van der Waals surface area contributed by atoms with Gasteiger partial charge in [-0.3, -0.25) is 19.2 Å². The van der Waals surface area contributed by atoms with Gasteiger partial charge in [-0.2, -0.15) is 0 Å². The molecule has 0 radical (unpaired) electrons. The van der Waals surface area contributed by atoms with E-state index in [4.69, 9.17) is 14.2 Å². The van der Waals surface area contributed by atoms with Crippen molar-refractivity contribution < 1.29 is 33.4 Å². The number of ketones is 2. The van der Waals surface area contributed by atoms with Crippen LogP contribution in [0.25, 0.3) is 0 Å². The molecule has 0 rings (SSSR count). The molecule has 0 aliphatic rings. The van der Waals surface area contributed by atoms with E-state index in [2.05, 4.69) is 0 Å². The van der Waals surface area contributed by atoms with Crippen LogP contribution < -0.4 is 0 Å². The van der Waals surface area contributed by atoms with E-state index in [9.17, 15) is 19.2 Å². The summed E-state index contributed by atoms with van der Waals surface area (Å²) in [6.45, 7) is 6.12. The van der Waals surface area contributed by atoms with E-state index in [0.717, 1.165) is 0 Å². The third-order valence-electron chi connectivity index (χ3n) is 2.16. The largest absolute Gasteiger partial charge is 0.460 e. The fourth-order valence-corrected chi connectivity index (χ4v) is 1.41. The topological polar surface area (TPSA) is 96.0 Å². The van der Waals surface area contributed by atoms with Crippen LogP contribution in [0.1, 0.15) is 40.5 Å². The molecule has 0 N–H and O–H groups in total. The molecule has 0 aromatic carbocycles. The van der Waals surface area contributed by atoms with Gasteiger partial charge in [0, 0.05) is 0 Å². The first kappa shape index (κ1) is 19.2. The minimum absolute atomic E-state index is 0.123. The Morgan fingerprint density at radius 3 is 1.38 bits per heavy atom. The minimum atomic E-state index is -0.598. The Morgan fingerprint density at radius 2 is 1.10 bits per heavy atom. The predicted molar refractivity (Wildman–Crippen MR) is 72.5 cm³/mol. The molecule has 0 aliphatic carbocycles. The molecule has 0 aromatic rings. The maximum Gasteiger partial charge on any atom is 0.313 e. The third kappa shape index (κ3) is 11.7. The number of ether oxygens (including phenoxy) is 3. The first-order valence-corrected chi connectivity index (χ1v) is 6.66. The summed E-state index contributed by atoms with van der Waals surface area (Å²) in [4.78, 5) is 43.8. The van der Waals surface area contributed by atoms with Gasteiger partial charge in [-0.15, -0.1) is 0 Å². The molecule has 0 fully saturated rings. The van der Waals surface area contributed by atoms with Crippen LogP contribution >= 0.6 is 0 Å². The number of carbonyl (C=O) groups is 4. The van der Waals surface area contributed by atoms with Crippen molar-refractivity contribution >= 4 is 23.5 Å². The Balaban J connectivity index is 3.82. The average molecular weight is 302 g/mol. The lowest BCUT2D eigenvalue weighted by molar-refractivity contribution is -0.155. The summed E-state index contributed by atoms with van der Waals surface area (Å²) >= 11 is 0. The highest BCUT2D eigenvalue weighted by Gasteiger charge is 2.14. The standard InChI is InChI=1S/C14H22O7/c1-9(15)5-13(17)20-11(3)7-19-8-12(4)21-14(18)6-10(2)16/h11-12H,5-8H2,1-4H3. The second kappa shape index (κ2) is 10.0. The molecule has 0 bridgehead atoms. The van der Waals surface area contributed by atoms with E-state index in [1.165, 1.54) is 13.8 Å². The van der Waals surface area contributed by atoms with Crippen molar-refractivity contribution in [1.82, 2.24) is 0 Å². The van der Waals surface area contributed by atoms with Crippen molar-refractivity contribution in [3.8, 4) is 0 Å². The van der Waals surface area contributed by atoms with Crippen molar-refractivity contribution in [2.24, 2.45) is 0 Å². The summed E-state index contributed by atoms with van der Waals surface area (Å²) in [5.41, 5.74) is 0. The summed E-state index contributed by atoms with van der Waals surface area (Å²) in [6.07, 6.45) is -1.53. The third-order valence-corrected chi connectivity index (χ3v) is 2.16. The molecule has 21 heavy (non-hydrogen) atoms. The fourth-order valence-electron chi connectivity index (χ4n) is 1.41. The molecule has 0 saturated heterocycles. The maximum atomic E-state index is 11.2. The van der Waals surface area contributed by atoms with Crippen LogP contribution in [0, 0.1) is 0 Å². The number of hydrogen-bond donors (Lipinski definition) is 0. The van der Waals surface area contributed by atoms with Crippen molar-refractivity contribution in [1.29, 1.82) is 0 Å². The van der Waals surface area contributed by atoms with Gasteiger partial charge in [0.05, 0.1) is 13.2 Å². The molecule has 0 amide bonds. The fraction of sp³-hybridized carbons (Fsp3) is 0.714. The minimum Gasteiger partial charge on any atom is -0.460 e. The van der Waals surface area contributed by atoms with Crippen LogP contribution in [0.15, 0.2) is 0 Å². The highest BCUT2D eigenvalue weighted by Crippen LogP contribution is 2.00. The lowest BCUT2D eigenvalue weighted by atomic mass is 10.3. The van der Waals surface area contributed by atoms with E-state index in [0.29, 0.717) is 0 Å². The second-order valence-corrected chi connectivity index (χ2v) is 4.90. The molecule has 2 unspecified atom stereocenters. The number of hydrogen-bond acceptors (Lipinski definition) is 7.